The quantitative estimate of drug-likeness (QED) is 0.503. The molecule has 1 N–H and O–H groups in total. The van der Waals surface area contributed by atoms with Gasteiger partial charge in [-0.2, -0.15) is 0 Å². The van der Waals surface area contributed by atoms with Crippen molar-refractivity contribution in [1.29, 1.82) is 0 Å². The Morgan fingerprint density at radius 1 is 1.19 bits per heavy atom. The molecule has 0 saturated heterocycles. The molecule has 0 aliphatic carbocycles. The second-order valence-electron chi connectivity index (χ2n) is 5.83. The number of ether oxygens (including phenoxy) is 2. The Morgan fingerprint density at radius 3 is 2.56 bits per heavy atom. The normalized spacial score (nSPS) is 10.6. The second-order valence-corrected chi connectivity index (χ2v) is 5.83. The minimum Gasteiger partial charge on any atom is -0.485 e. The molecule has 0 radical (unpaired) electrons. The Hall–Kier alpha value is -3.42. The van der Waals surface area contributed by atoms with Crippen molar-refractivity contribution in [3.8, 4) is 17.2 Å². The molecule has 0 aliphatic heterocycles. The van der Waals surface area contributed by atoms with E-state index >= 15 is 0 Å². The van der Waals surface area contributed by atoms with Gasteiger partial charge < -0.3 is 18.9 Å². The predicted octanol–water partition coefficient (Wildman–Crippen LogP) is 3.12. The number of esters is 1. The van der Waals surface area contributed by atoms with Gasteiger partial charge in [-0.3, -0.25) is 4.79 Å². The first-order valence-corrected chi connectivity index (χ1v) is 8.40. The van der Waals surface area contributed by atoms with Crippen LogP contribution >= 0.6 is 0 Å². The van der Waals surface area contributed by atoms with Gasteiger partial charge in [0, 0.05) is 11.3 Å². The first-order chi connectivity index (χ1) is 13.0. The molecule has 0 saturated carbocycles. The van der Waals surface area contributed by atoms with Crippen LogP contribution in [0.25, 0.3) is 11.5 Å². The van der Waals surface area contributed by atoms with Gasteiger partial charge in [0.25, 0.3) is 0 Å². The van der Waals surface area contributed by atoms with Crippen molar-refractivity contribution in [1.82, 2.24) is 15.2 Å². The van der Waals surface area contributed by atoms with E-state index in [0.29, 0.717) is 34.2 Å². The molecule has 0 spiro atoms. The summed E-state index contributed by atoms with van der Waals surface area (Å²) in [4.78, 5) is 27.5. The van der Waals surface area contributed by atoms with E-state index in [-0.39, 0.29) is 19.0 Å². The molecule has 3 aromatic rings. The van der Waals surface area contributed by atoms with Gasteiger partial charge in [-0.25, -0.2) is 4.79 Å². The maximum atomic E-state index is 12.5. The molecule has 2 aromatic heterocycles. The first-order valence-electron chi connectivity index (χ1n) is 8.40. The van der Waals surface area contributed by atoms with E-state index in [1.165, 1.54) is 6.39 Å². The number of ketones is 1. The fraction of sp³-hybridized carbons (Fsp3) is 0.263. The van der Waals surface area contributed by atoms with Crippen molar-refractivity contribution >= 4 is 11.8 Å². The average molecular weight is 369 g/mol. The molecule has 0 amide bonds. The van der Waals surface area contributed by atoms with Crippen molar-refractivity contribution in [2.45, 2.75) is 20.8 Å². The number of nitrogens with one attached hydrogen (secondary N) is 1. The van der Waals surface area contributed by atoms with E-state index in [4.69, 9.17) is 13.9 Å². The molecule has 140 valence electrons. The number of carbonyl (C=O) groups is 2. The van der Waals surface area contributed by atoms with Crippen molar-refractivity contribution in [3.63, 3.8) is 0 Å². The lowest BCUT2D eigenvalue weighted by Crippen LogP contribution is -2.13. The van der Waals surface area contributed by atoms with Gasteiger partial charge >= 0.3 is 5.97 Å². The number of carbonyl (C=O) groups excluding carboxylic acids is 2. The lowest BCUT2D eigenvalue weighted by molar-refractivity contribution is 0.0525. The third kappa shape index (κ3) is 3.89. The number of rotatable bonds is 7. The molecule has 2 heterocycles. The fourth-order valence-corrected chi connectivity index (χ4v) is 2.75. The molecule has 8 nitrogen and oxygen atoms in total. The van der Waals surface area contributed by atoms with Crippen LogP contribution in [0, 0.1) is 13.8 Å². The number of aromatic amines is 1. The van der Waals surface area contributed by atoms with Crippen LogP contribution < -0.4 is 4.74 Å². The van der Waals surface area contributed by atoms with E-state index in [1.807, 2.05) is 0 Å². The third-order valence-corrected chi connectivity index (χ3v) is 4.03. The zero-order valence-corrected chi connectivity index (χ0v) is 15.2. The average Bonchev–Trinajstić information content (AvgIpc) is 3.28. The molecule has 0 fully saturated rings. The van der Waals surface area contributed by atoms with Crippen LogP contribution in [0.3, 0.4) is 0 Å². The van der Waals surface area contributed by atoms with E-state index in [0.717, 1.165) is 5.56 Å². The summed E-state index contributed by atoms with van der Waals surface area (Å²) in [7, 11) is 0. The maximum absolute atomic E-state index is 12.5. The number of hydrogen-bond acceptors (Lipinski definition) is 7. The molecule has 3 rings (SSSR count). The zero-order chi connectivity index (χ0) is 19.4. The van der Waals surface area contributed by atoms with E-state index in [1.54, 1.807) is 45.0 Å². The fourth-order valence-electron chi connectivity index (χ4n) is 2.75. The summed E-state index contributed by atoms with van der Waals surface area (Å²) in [5.74, 6) is 0.229. The monoisotopic (exact) mass is 369 g/mol. The summed E-state index contributed by atoms with van der Waals surface area (Å²) in [5, 5.41) is 7.45. The van der Waals surface area contributed by atoms with Gasteiger partial charge in [0.2, 0.25) is 18.1 Å². The summed E-state index contributed by atoms with van der Waals surface area (Å²) in [6, 6.07) is 6.94. The number of H-pyrrole nitrogens is 1. The van der Waals surface area contributed by atoms with Crippen LogP contribution in [0.5, 0.6) is 5.75 Å². The molecule has 27 heavy (non-hydrogen) atoms. The van der Waals surface area contributed by atoms with E-state index < -0.39 is 5.97 Å². The Bertz CT molecular complexity index is 943. The molecule has 8 heteroatoms. The highest BCUT2D eigenvalue weighted by molar-refractivity contribution is 6.02. The minimum absolute atomic E-state index is 0.164. The van der Waals surface area contributed by atoms with Crippen LogP contribution in [0.2, 0.25) is 0 Å². The van der Waals surface area contributed by atoms with Crippen molar-refractivity contribution in [2.24, 2.45) is 0 Å². The SMILES string of the molecule is CCOC(=O)c1c(C)[nH]c(C(=O)COc2ccc(-c3nnco3)cc2)c1C. The van der Waals surface area contributed by atoms with Gasteiger partial charge in [-0.1, -0.05) is 0 Å². The number of aromatic nitrogens is 3. The Balaban J connectivity index is 1.67. The largest absolute Gasteiger partial charge is 0.485 e. The molecule has 0 bridgehead atoms. The van der Waals surface area contributed by atoms with E-state index in [9.17, 15) is 9.59 Å². The molecule has 0 aliphatic rings. The van der Waals surface area contributed by atoms with Gasteiger partial charge in [0.1, 0.15) is 5.75 Å². The number of hydrogen-bond donors (Lipinski definition) is 1. The number of nitrogens with zero attached hydrogens (tertiary/aromatic N) is 2. The van der Waals surface area contributed by atoms with Crippen molar-refractivity contribution in [2.75, 3.05) is 13.2 Å². The van der Waals surface area contributed by atoms with Gasteiger partial charge in [-0.05, 0) is 50.6 Å². The van der Waals surface area contributed by atoms with Crippen molar-refractivity contribution < 1.29 is 23.5 Å². The van der Waals surface area contributed by atoms with Gasteiger partial charge in [0.15, 0.2) is 6.61 Å². The standard InChI is InChI=1S/C19H19N3O5/c1-4-25-19(24)16-11(2)17(21-12(16)3)15(23)9-26-14-7-5-13(6-8-14)18-22-20-10-27-18/h5-8,10,21H,4,9H2,1-3H3. The molecule has 1 aromatic carbocycles. The molecule has 0 unspecified atom stereocenters. The summed E-state index contributed by atoms with van der Waals surface area (Å²) < 4.78 is 15.7. The Labute approximate surface area is 155 Å². The molecular weight excluding hydrogens is 350 g/mol. The highest BCUT2D eigenvalue weighted by Gasteiger charge is 2.23. The number of aryl methyl sites for hydroxylation is 1. The molecule has 0 atom stereocenters. The van der Waals surface area contributed by atoms with Crippen LogP contribution in [0.1, 0.15) is 39.0 Å². The van der Waals surface area contributed by atoms with Gasteiger partial charge in [-0.15, -0.1) is 10.2 Å². The summed E-state index contributed by atoms with van der Waals surface area (Å²) in [6.07, 6.45) is 1.25. The summed E-state index contributed by atoms with van der Waals surface area (Å²) in [5.41, 5.74) is 2.65. The van der Waals surface area contributed by atoms with E-state index in [2.05, 4.69) is 15.2 Å². The highest BCUT2D eigenvalue weighted by atomic mass is 16.5. The smallest absolute Gasteiger partial charge is 0.340 e. The van der Waals surface area contributed by atoms with Crippen LogP contribution in [0.15, 0.2) is 35.1 Å². The summed E-state index contributed by atoms with van der Waals surface area (Å²) >= 11 is 0. The van der Waals surface area contributed by atoms with Crippen LogP contribution in [-0.2, 0) is 4.74 Å². The Kier molecular flexibility index (Phi) is 5.35. The Morgan fingerprint density at radius 2 is 1.93 bits per heavy atom. The van der Waals surface area contributed by atoms with Crippen LogP contribution in [-0.4, -0.2) is 40.1 Å². The zero-order valence-electron chi connectivity index (χ0n) is 15.2. The summed E-state index contributed by atoms with van der Waals surface area (Å²) in [6.45, 7) is 5.28. The predicted molar refractivity (Wildman–Crippen MR) is 95.8 cm³/mol. The van der Waals surface area contributed by atoms with Crippen molar-refractivity contribution in [3.05, 3.63) is 53.2 Å². The lowest BCUT2D eigenvalue weighted by atomic mass is 10.1. The molecular formula is C19H19N3O5. The number of benzene rings is 1. The maximum Gasteiger partial charge on any atom is 0.340 e. The minimum atomic E-state index is -0.444. The van der Waals surface area contributed by atoms with Gasteiger partial charge in [0.05, 0.1) is 17.9 Å². The van der Waals surface area contributed by atoms with Crippen LogP contribution in [0.4, 0.5) is 0 Å². The second kappa shape index (κ2) is 7.86. The third-order valence-electron chi connectivity index (χ3n) is 4.03. The number of Topliss-reactive ketones (excluding diaryl/α,β-unsaturated/α-hetero) is 1. The topological polar surface area (TPSA) is 107 Å². The first kappa shape index (κ1) is 18.4. The lowest BCUT2D eigenvalue weighted by Gasteiger charge is -2.06. The highest BCUT2D eigenvalue weighted by Crippen LogP contribution is 2.22.